The minimum atomic E-state index is 0.485. The van der Waals surface area contributed by atoms with Gasteiger partial charge in [-0.15, -0.1) is 0 Å². The Kier molecular flexibility index (Phi) is 4.12. The van der Waals surface area contributed by atoms with Crippen molar-refractivity contribution >= 4 is 0 Å². The first-order valence-electron chi connectivity index (χ1n) is 6.62. The van der Waals surface area contributed by atoms with Crippen LogP contribution in [0.5, 0.6) is 11.5 Å². The highest BCUT2D eigenvalue weighted by Gasteiger charge is 2.23. The molecule has 1 aliphatic carbocycles. The van der Waals surface area contributed by atoms with Crippen LogP contribution in [-0.2, 0) is 6.42 Å². The van der Waals surface area contributed by atoms with E-state index in [1.165, 1.54) is 18.4 Å². The van der Waals surface area contributed by atoms with Crippen molar-refractivity contribution in [2.24, 2.45) is 0 Å². The molecule has 0 radical (unpaired) electrons. The molecule has 2 rings (SSSR count). The summed E-state index contributed by atoms with van der Waals surface area (Å²) >= 11 is 0. The van der Waals surface area contributed by atoms with Gasteiger partial charge in [-0.05, 0) is 44.7 Å². The molecule has 1 unspecified atom stereocenters. The van der Waals surface area contributed by atoms with Crippen LogP contribution < -0.4 is 14.8 Å². The van der Waals surface area contributed by atoms with E-state index >= 15 is 0 Å². The largest absolute Gasteiger partial charge is 0.496 e. The predicted molar refractivity (Wildman–Crippen MR) is 73.6 cm³/mol. The molecule has 1 saturated carbocycles. The van der Waals surface area contributed by atoms with Gasteiger partial charge in [0.05, 0.1) is 14.2 Å². The molecule has 3 heteroatoms. The molecule has 100 valence electrons. The molecule has 3 nitrogen and oxygen atoms in total. The minimum absolute atomic E-state index is 0.485. The number of benzene rings is 1. The van der Waals surface area contributed by atoms with Gasteiger partial charge >= 0.3 is 0 Å². The highest BCUT2D eigenvalue weighted by molar-refractivity contribution is 5.49. The number of hydrogen-bond donors (Lipinski definition) is 1. The first kappa shape index (κ1) is 13.2. The van der Waals surface area contributed by atoms with Crippen molar-refractivity contribution in [3.05, 3.63) is 23.3 Å². The van der Waals surface area contributed by atoms with Crippen LogP contribution in [0.2, 0.25) is 0 Å². The van der Waals surface area contributed by atoms with E-state index in [0.717, 1.165) is 29.5 Å². The Hall–Kier alpha value is -1.22. The van der Waals surface area contributed by atoms with Crippen molar-refractivity contribution in [2.75, 3.05) is 14.2 Å². The SMILES string of the molecule is COc1ccc(CC(C)NC2CC2)c(OC)c1C. The maximum absolute atomic E-state index is 5.53. The van der Waals surface area contributed by atoms with Crippen LogP contribution in [0.1, 0.15) is 30.9 Å². The molecule has 1 atom stereocenters. The lowest BCUT2D eigenvalue weighted by atomic mass is 10.0. The molecule has 0 aromatic heterocycles. The van der Waals surface area contributed by atoms with Gasteiger partial charge in [0.2, 0.25) is 0 Å². The molecule has 18 heavy (non-hydrogen) atoms. The number of hydrogen-bond acceptors (Lipinski definition) is 3. The molecule has 0 amide bonds. The maximum atomic E-state index is 5.53. The second kappa shape index (κ2) is 5.61. The van der Waals surface area contributed by atoms with E-state index in [1.54, 1.807) is 14.2 Å². The normalized spacial score (nSPS) is 16.4. The van der Waals surface area contributed by atoms with E-state index in [-0.39, 0.29) is 0 Å². The molecule has 1 aliphatic rings. The summed E-state index contributed by atoms with van der Waals surface area (Å²) < 4.78 is 10.9. The summed E-state index contributed by atoms with van der Waals surface area (Å²) in [6, 6.07) is 5.36. The number of rotatable bonds is 6. The third-order valence-corrected chi connectivity index (χ3v) is 3.49. The lowest BCUT2D eigenvalue weighted by molar-refractivity contribution is 0.383. The Morgan fingerprint density at radius 3 is 2.56 bits per heavy atom. The summed E-state index contributed by atoms with van der Waals surface area (Å²) in [7, 11) is 3.42. The van der Waals surface area contributed by atoms with Crippen molar-refractivity contribution in [2.45, 2.75) is 45.2 Å². The Labute approximate surface area is 109 Å². The fraction of sp³-hybridized carbons (Fsp3) is 0.600. The number of ether oxygens (including phenoxy) is 2. The first-order chi connectivity index (χ1) is 8.65. The lowest BCUT2D eigenvalue weighted by Crippen LogP contribution is -2.30. The molecule has 1 aromatic carbocycles. The zero-order valence-electron chi connectivity index (χ0n) is 11.7. The van der Waals surface area contributed by atoms with Gasteiger partial charge in [0, 0.05) is 17.6 Å². The molecular formula is C15H23NO2. The Morgan fingerprint density at radius 2 is 2.00 bits per heavy atom. The van der Waals surface area contributed by atoms with Crippen LogP contribution in [0.3, 0.4) is 0 Å². The fourth-order valence-electron chi connectivity index (χ4n) is 2.44. The Morgan fingerprint density at radius 1 is 1.28 bits per heavy atom. The molecular weight excluding hydrogens is 226 g/mol. The summed E-state index contributed by atoms with van der Waals surface area (Å²) in [5, 5.41) is 3.61. The van der Waals surface area contributed by atoms with Crippen molar-refractivity contribution < 1.29 is 9.47 Å². The molecule has 1 aromatic rings. The van der Waals surface area contributed by atoms with Gasteiger partial charge < -0.3 is 14.8 Å². The summed E-state index contributed by atoms with van der Waals surface area (Å²) in [4.78, 5) is 0. The average Bonchev–Trinajstić information content (AvgIpc) is 3.13. The van der Waals surface area contributed by atoms with E-state index in [9.17, 15) is 0 Å². The van der Waals surface area contributed by atoms with Crippen LogP contribution in [0.15, 0.2) is 12.1 Å². The zero-order valence-corrected chi connectivity index (χ0v) is 11.7. The molecule has 0 bridgehead atoms. The Balaban J connectivity index is 2.13. The van der Waals surface area contributed by atoms with Gasteiger partial charge in [0.25, 0.3) is 0 Å². The van der Waals surface area contributed by atoms with E-state index in [2.05, 4.69) is 18.3 Å². The van der Waals surface area contributed by atoms with E-state index in [0.29, 0.717) is 6.04 Å². The third kappa shape index (κ3) is 2.96. The topological polar surface area (TPSA) is 30.5 Å². The molecule has 0 aliphatic heterocycles. The van der Waals surface area contributed by atoms with Gasteiger partial charge in [0.1, 0.15) is 11.5 Å². The zero-order chi connectivity index (χ0) is 13.1. The van der Waals surface area contributed by atoms with Crippen molar-refractivity contribution in [3.8, 4) is 11.5 Å². The number of methoxy groups -OCH3 is 2. The third-order valence-electron chi connectivity index (χ3n) is 3.49. The van der Waals surface area contributed by atoms with Gasteiger partial charge in [-0.25, -0.2) is 0 Å². The fourth-order valence-corrected chi connectivity index (χ4v) is 2.44. The second-order valence-electron chi connectivity index (χ2n) is 5.13. The predicted octanol–water partition coefficient (Wildman–Crippen LogP) is 2.70. The highest BCUT2D eigenvalue weighted by atomic mass is 16.5. The summed E-state index contributed by atoms with van der Waals surface area (Å²) in [5.74, 6) is 1.84. The Bertz CT molecular complexity index is 413. The van der Waals surface area contributed by atoms with E-state index in [4.69, 9.17) is 9.47 Å². The van der Waals surface area contributed by atoms with Crippen LogP contribution in [-0.4, -0.2) is 26.3 Å². The van der Waals surface area contributed by atoms with Crippen molar-refractivity contribution in [3.63, 3.8) is 0 Å². The molecule has 0 spiro atoms. The molecule has 1 fully saturated rings. The molecule has 0 heterocycles. The van der Waals surface area contributed by atoms with Crippen LogP contribution >= 0.6 is 0 Å². The summed E-state index contributed by atoms with van der Waals surface area (Å²) in [6.07, 6.45) is 3.64. The quantitative estimate of drug-likeness (QED) is 0.841. The van der Waals surface area contributed by atoms with Crippen molar-refractivity contribution in [1.29, 1.82) is 0 Å². The molecule has 1 N–H and O–H groups in total. The van der Waals surface area contributed by atoms with Gasteiger partial charge in [-0.2, -0.15) is 0 Å². The minimum Gasteiger partial charge on any atom is -0.496 e. The highest BCUT2D eigenvalue weighted by Crippen LogP contribution is 2.32. The lowest BCUT2D eigenvalue weighted by Gasteiger charge is -2.18. The van der Waals surface area contributed by atoms with Crippen LogP contribution in [0.25, 0.3) is 0 Å². The summed E-state index contributed by atoms with van der Waals surface area (Å²) in [6.45, 7) is 4.28. The molecule has 0 saturated heterocycles. The van der Waals surface area contributed by atoms with E-state index in [1.807, 2.05) is 13.0 Å². The average molecular weight is 249 g/mol. The smallest absolute Gasteiger partial charge is 0.128 e. The maximum Gasteiger partial charge on any atom is 0.128 e. The number of nitrogens with one attached hydrogen (secondary N) is 1. The summed E-state index contributed by atoms with van der Waals surface area (Å²) in [5.41, 5.74) is 2.33. The van der Waals surface area contributed by atoms with Gasteiger partial charge in [-0.1, -0.05) is 6.07 Å². The standard InChI is InChI=1S/C15H23NO2/c1-10(16-13-6-7-13)9-12-5-8-14(17-3)11(2)15(12)18-4/h5,8,10,13,16H,6-7,9H2,1-4H3. The van der Waals surface area contributed by atoms with E-state index < -0.39 is 0 Å². The van der Waals surface area contributed by atoms with Gasteiger partial charge in [0.15, 0.2) is 0 Å². The first-order valence-corrected chi connectivity index (χ1v) is 6.62. The van der Waals surface area contributed by atoms with Gasteiger partial charge in [-0.3, -0.25) is 0 Å². The second-order valence-corrected chi connectivity index (χ2v) is 5.13. The van der Waals surface area contributed by atoms with Crippen LogP contribution in [0, 0.1) is 6.92 Å². The van der Waals surface area contributed by atoms with Crippen LogP contribution in [0.4, 0.5) is 0 Å². The van der Waals surface area contributed by atoms with Crippen molar-refractivity contribution in [1.82, 2.24) is 5.32 Å². The monoisotopic (exact) mass is 249 g/mol.